The molecule has 0 bridgehead atoms. The normalized spacial score (nSPS) is 14.8. The fraction of sp³-hybridized carbons (Fsp3) is 0.478. The van der Waals surface area contributed by atoms with Gasteiger partial charge in [-0.05, 0) is 46.8 Å². The van der Waals surface area contributed by atoms with Gasteiger partial charge in [-0.15, -0.1) is 0 Å². The van der Waals surface area contributed by atoms with Gasteiger partial charge >= 0.3 is 6.09 Å². The van der Waals surface area contributed by atoms with Crippen LogP contribution in [0.5, 0.6) is 0 Å². The second-order valence-corrected chi connectivity index (χ2v) is 8.54. The third kappa shape index (κ3) is 6.16. The molecule has 0 aliphatic carbocycles. The number of fused-ring (bicyclic) bond motifs is 1. The molecule has 9 nitrogen and oxygen atoms in total. The Morgan fingerprint density at radius 1 is 1.34 bits per heavy atom. The Morgan fingerprint density at radius 3 is 2.59 bits per heavy atom. The Balaban J connectivity index is 2.56. The first-order valence-corrected chi connectivity index (χ1v) is 10.4. The van der Waals surface area contributed by atoms with E-state index in [-0.39, 0.29) is 18.1 Å². The number of alkyl carbamates (subject to hydrolysis) is 1. The maximum Gasteiger partial charge on any atom is 0.408 e. The molecule has 0 aliphatic heterocycles. The smallest absolute Gasteiger partial charge is 0.408 e. The maximum atomic E-state index is 13.5. The van der Waals surface area contributed by atoms with E-state index in [0.717, 1.165) is 0 Å². The van der Waals surface area contributed by atoms with Gasteiger partial charge in [-0.1, -0.05) is 12.2 Å². The first-order valence-electron chi connectivity index (χ1n) is 10.4. The molecule has 0 fully saturated rings. The van der Waals surface area contributed by atoms with Crippen molar-refractivity contribution < 1.29 is 19.1 Å². The fourth-order valence-electron chi connectivity index (χ4n) is 3.37. The monoisotopic (exact) mass is 444 g/mol. The minimum Gasteiger partial charge on any atom is -0.444 e. The fourth-order valence-corrected chi connectivity index (χ4v) is 3.37. The summed E-state index contributed by atoms with van der Waals surface area (Å²) in [6.45, 7) is 8.85. The average Bonchev–Trinajstić information content (AvgIpc) is 2.70. The van der Waals surface area contributed by atoms with Crippen molar-refractivity contribution in [2.75, 3.05) is 7.11 Å². The molecule has 0 saturated heterocycles. The summed E-state index contributed by atoms with van der Waals surface area (Å²) >= 11 is 0. The average molecular weight is 445 g/mol. The van der Waals surface area contributed by atoms with Gasteiger partial charge in [0.1, 0.15) is 11.6 Å². The predicted molar refractivity (Wildman–Crippen MR) is 122 cm³/mol. The number of hydrogen-bond donors (Lipinski definition) is 2. The zero-order chi connectivity index (χ0) is 24.1. The quantitative estimate of drug-likeness (QED) is 0.603. The highest BCUT2D eigenvalue weighted by Gasteiger charge is 2.26. The first kappa shape index (κ1) is 25.1. The molecule has 3 N–H and O–H groups in total. The number of primary amides is 1. The van der Waals surface area contributed by atoms with Crippen molar-refractivity contribution in [3.63, 3.8) is 0 Å². The van der Waals surface area contributed by atoms with Gasteiger partial charge in [-0.3, -0.25) is 19.1 Å². The van der Waals surface area contributed by atoms with Crippen molar-refractivity contribution in [2.24, 2.45) is 5.73 Å². The van der Waals surface area contributed by atoms with Crippen molar-refractivity contribution in [1.82, 2.24) is 14.9 Å². The lowest BCUT2D eigenvalue weighted by Crippen LogP contribution is -2.48. The van der Waals surface area contributed by atoms with Crippen LogP contribution in [0.1, 0.15) is 46.2 Å². The number of hydrogen-bond acceptors (Lipinski definition) is 6. The highest BCUT2D eigenvalue weighted by Crippen LogP contribution is 2.22. The molecule has 1 unspecified atom stereocenters. The van der Waals surface area contributed by atoms with E-state index in [1.807, 2.05) is 26.0 Å². The highest BCUT2D eigenvalue weighted by molar-refractivity contribution is 5.85. The summed E-state index contributed by atoms with van der Waals surface area (Å²) in [4.78, 5) is 41.9. The number of ether oxygens (including phenoxy) is 2. The maximum absolute atomic E-state index is 13.5. The van der Waals surface area contributed by atoms with Crippen LogP contribution in [0.15, 0.2) is 41.5 Å². The van der Waals surface area contributed by atoms with E-state index >= 15 is 0 Å². The van der Waals surface area contributed by atoms with Gasteiger partial charge in [0.05, 0.1) is 17.7 Å². The lowest BCUT2D eigenvalue weighted by molar-refractivity contribution is -0.120. The predicted octanol–water partition coefficient (Wildman–Crippen LogP) is 2.47. The number of aromatic nitrogens is 2. The van der Waals surface area contributed by atoms with Gasteiger partial charge < -0.3 is 20.5 Å². The second-order valence-electron chi connectivity index (χ2n) is 8.54. The van der Waals surface area contributed by atoms with Crippen molar-refractivity contribution in [3.8, 4) is 0 Å². The molecule has 32 heavy (non-hydrogen) atoms. The molecule has 174 valence electrons. The molecular formula is C23H32N4O5. The van der Waals surface area contributed by atoms with E-state index < -0.39 is 29.7 Å². The van der Waals surface area contributed by atoms with Gasteiger partial charge in [0.25, 0.3) is 5.56 Å². The Bertz CT molecular complexity index is 1050. The van der Waals surface area contributed by atoms with E-state index in [1.54, 1.807) is 57.0 Å². The summed E-state index contributed by atoms with van der Waals surface area (Å²) in [5.74, 6) is -0.775. The summed E-state index contributed by atoms with van der Waals surface area (Å²) in [6.07, 6.45) is 5.79. The van der Waals surface area contributed by atoms with Crippen molar-refractivity contribution in [3.05, 3.63) is 52.6 Å². The van der Waals surface area contributed by atoms with Gasteiger partial charge in [0, 0.05) is 36.9 Å². The Morgan fingerprint density at radius 2 is 2.03 bits per heavy atom. The van der Waals surface area contributed by atoms with Gasteiger partial charge in [0.15, 0.2) is 0 Å². The molecule has 0 aliphatic rings. The van der Waals surface area contributed by atoms with E-state index in [2.05, 4.69) is 10.3 Å². The molecule has 0 aromatic carbocycles. The van der Waals surface area contributed by atoms with Gasteiger partial charge in [-0.2, -0.15) is 0 Å². The third-order valence-corrected chi connectivity index (χ3v) is 4.91. The zero-order valence-electron chi connectivity index (χ0n) is 19.4. The minimum absolute atomic E-state index is 0.0951. The lowest BCUT2D eigenvalue weighted by Gasteiger charge is -2.25. The van der Waals surface area contributed by atoms with Crippen molar-refractivity contribution in [2.45, 2.75) is 64.8 Å². The van der Waals surface area contributed by atoms with Crippen molar-refractivity contribution >= 4 is 22.9 Å². The number of carbonyl (C=O) groups is 2. The van der Waals surface area contributed by atoms with Crippen LogP contribution in [0.4, 0.5) is 4.79 Å². The summed E-state index contributed by atoms with van der Waals surface area (Å²) < 4.78 is 12.3. The lowest BCUT2D eigenvalue weighted by atomic mass is 10.0. The summed E-state index contributed by atoms with van der Waals surface area (Å²) in [5, 5.41) is 3.18. The largest absolute Gasteiger partial charge is 0.444 e. The number of carbonyl (C=O) groups excluding carboxylic acids is 2. The molecule has 0 spiro atoms. The van der Waals surface area contributed by atoms with Crippen LogP contribution in [0.25, 0.3) is 10.9 Å². The topological polar surface area (TPSA) is 126 Å². The standard InChI is InChI=1S/C23H32N4O5/c1-7-8-18(14(2)31-6)27-19-9-10-25-13-16(19)11-15(21(27)29)12-17(20(24)28)26-22(30)32-23(3,4)5/h7-11,13-14,17-18H,12H2,1-6H3,(H2,24,28)(H,26,30)/b8-7+/t14-,17-,18?/m1/s1. The van der Waals surface area contributed by atoms with E-state index in [9.17, 15) is 14.4 Å². The molecule has 2 aromatic rings. The van der Waals surface area contributed by atoms with Crippen molar-refractivity contribution in [1.29, 1.82) is 0 Å². The second kappa shape index (κ2) is 10.4. The van der Waals surface area contributed by atoms with Crippen LogP contribution in [0.2, 0.25) is 0 Å². The number of pyridine rings is 2. The Kier molecular flexibility index (Phi) is 8.15. The molecule has 0 saturated carbocycles. The molecule has 9 heteroatoms. The number of nitrogens with one attached hydrogen (secondary N) is 1. The van der Waals surface area contributed by atoms with Crippen LogP contribution < -0.4 is 16.6 Å². The van der Waals surface area contributed by atoms with E-state index in [0.29, 0.717) is 16.5 Å². The van der Waals surface area contributed by atoms with Gasteiger partial charge in [-0.25, -0.2) is 4.79 Å². The molecule has 2 rings (SSSR count). The summed E-state index contributed by atoms with van der Waals surface area (Å²) in [5.41, 5.74) is 5.44. The van der Waals surface area contributed by atoms with Crippen LogP contribution in [-0.4, -0.2) is 46.4 Å². The van der Waals surface area contributed by atoms with E-state index in [4.69, 9.17) is 15.2 Å². The molecule has 0 radical (unpaired) electrons. The van der Waals surface area contributed by atoms with Gasteiger partial charge in [0.2, 0.25) is 5.91 Å². The van der Waals surface area contributed by atoms with Crippen LogP contribution in [0, 0.1) is 0 Å². The number of amides is 2. The highest BCUT2D eigenvalue weighted by atomic mass is 16.6. The van der Waals surface area contributed by atoms with Crippen LogP contribution in [-0.2, 0) is 20.7 Å². The minimum atomic E-state index is -1.12. The zero-order valence-corrected chi connectivity index (χ0v) is 19.4. The number of nitrogens with two attached hydrogens (primary N) is 1. The number of allylic oxidation sites excluding steroid dienone is 1. The van der Waals surface area contributed by atoms with Crippen LogP contribution >= 0.6 is 0 Å². The molecule has 2 amide bonds. The SMILES string of the molecule is C/C=C/C([C@@H](C)OC)n1c(=O)c(C[C@@H](NC(=O)OC(C)(C)C)C(N)=O)cc2cnccc21. The number of methoxy groups -OCH3 is 1. The molecular weight excluding hydrogens is 412 g/mol. The molecule has 3 atom stereocenters. The molecule has 2 heterocycles. The number of rotatable bonds is 8. The Labute approximate surface area is 187 Å². The van der Waals surface area contributed by atoms with Crippen LogP contribution in [0.3, 0.4) is 0 Å². The first-order chi connectivity index (χ1) is 15.0. The summed E-state index contributed by atoms with van der Waals surface area (Å²) in [7, 11) is 1.58. The number of nitrogens with zero attached hydrogens (tertiary/aromatic N) is 2. The third-order valence-electron chi connectivity index (χ3n) is 4.91. The van der Waals surface area contributed by atoms with E-state index in [1.165, 1.54) is 0 Å². The summed E-state index contributed by atoms with van der Waals surface area (Å²) in [6, 6.07) is 1.90. The Hall–Kier alpha value is -3.20. The molecule has 2 aromatic heterocycles.